The predicted octanol–water partition coefficient (Wildman–Crippen LogP) is 2.36. The largest absolute Gasteiger partial charge is 0.309 e. The minimum absolute atomic E-state index is 0.0639. The van der Waals surface area contributed by atoms with Crippen molar-refractivity contribution in [1.29, 1.82) is 0 Å². The number of halogens is 1. The zero-order chi connectivity index (χ0) is 12.3. The van der Waals surface area contributed by atoms with Crippen LogP contribution >= 0.6 is 15.9 Å². The van der Waals surface area contributed by atoms with Crippen molar-refractivity contribution in [1.82, 2.24) is 9.78 Å². The van der Waals surface area contributed by atoms with Gasteiger partial charge < -0.3 is 5.32 Å². The van der Waals surface area contributed by atoms with Gasteiger partial charge in [-0.2, -0.15) is 5.10 Å². The highest BCUT2D eigenvalue weighted by atomic mass is 79.9. The number of amides is 1. The average Bonchev–Trinajstić information content (AvgIpc) is 2.67. The van der Waals surface area contributed by atoms with Gasteiger partial charge in [0.2, 0.25) is 5.91 Å². The molecule has 0 bridgehead atoms. The zero-order valence-electron chi connectivity index (χ0n) is 9.35. The number of carbonyl (C=O) groups is 1. The molecule has 1 amide bonds. The molecule has 1 aromatic heterocycles. The molecule has 17 heavy (non-hydrogen) atoms. The number of aromatic nitrogens is 2. The summed E-state index contributed by atoms with van der Waals surface area (Å²) in [7, 11) is 1.81. The lowest BCUT2D eigenvalue weighted by Crippen LogP contribution is -2.14. The Morgan fingerprint density at radius 3 is 2.65 bits per heavy atom. The van der Waals surface area contributed by atoms with E-state index in [-0.39, 0.29) is 5.91 Å². The number of anilines is 1. The van der Waals surface area contributed by atoms with Gasteiger partial charge in [0.05, 0.1) is 6.42 Å². The number of nitrogens with one attached hydrogen (secondary N) is 1. The monoisotopic (exact) mass is 293 g/mol. The van der Waals surface area contributed by atoms with Crippen LogP contribution < -0.4 is 5.32 Å². The van der Waals surface area contributed by atoms with E-state index in [1.807, 2.05) is 31.3 Å². The number of nitrogens with zero attached hydrogens (tertiary/aromatic N) is 2. The van der Waals surface area contributed by atoms with Gasteiger partial charge in [0.25, 0.3) is 0 Å². The van der Waals surface area contributed by atoms with E-state index in [4.69, 9.17) is 0 Å². The summed E-state index contributed by atoms with van der Waals surface area (Å²) < 4.78 is 2.65. The molecular formula is C12H12BrN3O. The minimum Gasteiger partial charge on any atom is -0.309 e. The van der Waals surface area contributed by atoms with E-state index in [1.165, 1.54) is 0 Å². The number of rotatable bonds is 3. The van der Waals surface area contributed by atoms with Gasteiger partial charge in [-0.05, 0) is 17.7 Å². The fourth-order valence-electron chi connectivity index (χ4n) is 1.46. The lowest BCUT2D eigenvalue weighted by molar-refractivity contribution is -0.115. The Balaban J connectivity index is 1.95. The first-order valence-electron chi connectivity index (χ1n) is 5.17. The van der Waals surface area contributed by atoms with E-state index in [9.17, 15) is 4.79 Å². The summed E-state index contributed by atoms with van der Waals surface area (Å²) in [5.74, 6) is 0.514. The van der Waals surface area contributed by atoms with Crippen molar-refractivity contribution in [2.24, 2.45) is 7.05 Å². The first kappa shape index (κ1) is 11.9. The van der Waals surface area contributed by atoms with Crippen molar-refractivity contribution >= 4 is 27.7 Å². The van der Waals surface area contributed by atoms with Gasteiger partial charge in [-0.3, -0.25) is 9.48 Å². The van der Waals surface area contributed by atoms with Crippen molar-refractivity contribution in [2.45, 2.75) is 6.42 Å². The highest BCUT2D eigenvalue weighted by Crippen LogP contribution is 2.11. The molecular weight excluding hydrogens is 282 g/mol. The van der Waals surface area contributed by atoms with Crippen LogP contribution in [0.1, 0.15) is 5.56 Å². The summed E-state index contributed by atoms with van der Waals surface area (Å²) in [6.45, 7) is 0. The van der Waals surface area contributed by atoms with Crippen LogP contribution in [-0.4, -0.2) is 15.7 Å². The van der Waals surface area contributed by atoms with Crippen LogP contribution in [0.4, 0.5) is 5.82 Å². The Morgan fingerprint density at radius 2 is 2.06 bits per heavy atom. The third-order valence-corrected chi connectivity index (χ3v) is 2.79. The highest BCUT2D eigenvalue weighted by molar-refractivity contribution is 9.10. The first-order valence-corrected chi connectivity index (χ1v) is 5.97. The maximum absolute atomic E-state index is 11.7. The third-order valence-electron chi connectivity index (χ3n) is 2.26. The van der Waals surface area contributed by atoms with Gasteiger partial charge in [-0.15, -0.1) is 0 Å². The summed E-state index contributed by atoms with van der Waals surface area (Å²) >= 11 is 3.35. The van der Waals surface area contributed by atoms with Crippen molar-refractivity contribution < 1.29 is 4.79 Å². The molecule has 0 aliphatic carbocycles. The number of carbonyl (C=O) groups excluding carboxylic acids is 1. The van der Waals surface area contributed by atoms with Gasteiger partial charge in [0, 0.05) is 23.8 Å². The molecule has 1 aromatic carbocycles. The molecule has 1 heterocycles. The number of aryl methyl sites for hydroxylation is 1. The standard InChI is InChI=1S/C12H12BrN3O/c1-16-7-6-11(15-16)14-12(17)8-9-2-4-10(13)5-3-9/h2-7H,8H2,1H3,(H,14,15,17). The Bertz CT molecular complexity index is 519. The van der Waals surface area contributed by atoms with Crippen LogP contribution in [0.15, 0.2) is 41.0 Å². The van der Waals surface area contributed by atoms with Gasteiger partial charge in [0.1, 0.15) is 0 Å². The minimum atomic E-state index is -0.0639. The fraction of sp³-hybridized carbons (Fsp3) is 0.167. The molecule has 2 aromatic rings. The molecule has 0 aliphatic rings. The normalized spacial score (nSPS) is 10.2. The SMILES string of the molecule is Cn1ccc(NC(=O)Cc2ccc(Br)cc2)n1. The van der Waals surface area contributed by atoms with Gasteiger partial charge in [0.15, 0.2) is 5.82 Å². The molecule has 4 nitrogen and oxygen atoms in total. The van der Waals surface area contributed by atoms with Crippen molar-refractivity contribution in [3.63, 3.8) is 0 Å². The number of benzene rings is 1. The second-order valence-electron chi connectivity index (χ2n) is 3.73. The highest BCUT2D eigenvalue weighted by Gasteiger charge is 2.05. The van der Waals surface area contributed by atoms with Crippen molar-refractivity contribution in [2.75, 3.05) is 5.32 Å². The summed E-state index contributed by atoms with van der Waals surface area (Å²) in [5, 5.41) is 6.83. The van der Waals surface area contributed by atoms with Crippen molar-refractivity contribution in [3.8, 4) is 0 Å². The molecule has 5 heteroatoms. The van der Waals surface area contributed by atoms with Crippen LogP contribution in [0, 0.1) is 0 Å². The summed E-state index contributed by atoms with van der Waals surface area (Å²) in [6, 6.07) is 9.44. The lowest BCUT2D eigenvalue weighted by atomic mass is 10.1. The molecule has 88 valence electrons. The summed E-state index contributed by atoms with van der Waals surface area (Å²) in [5.41, 5.74) is 0.974. The molecule has 0 unspecified atom stereocenters. The molecule has 0 atom stereocenters. The predicted molar refractivity (Wildman–Crippen MR) is 69.7 cm³/mol. The van der Waals surface area contributed by atoms with Crippen LogP contribution in [0.25, 0.3) is 0 Å². The topological polar surface area (TPSA) is 46.9 Å². The maximum atomic E-state index is 11.7. The Hall–Kier alpha value is -1.62. The number of hydrogen-bond donors (Lipinski definition) is 1. The van der Waals surface area contributed by atoms with Crippen LogP contribution in [0.5, 0.6) is 0 Å². The smallest absolute Gasteiger partial charge is 0.229 e. The molecule has 0 fully saturated rings. The van der Waals surface area contributed by atoms with Crippen molar-refractivity contribution in [3.05, 3.63) is 46.6 Å². The molecule has 0 spiro atoms. The molecule has 0 saturated heterocycles. The van der Waals surface area contributed by atoms with E-state index >= 15 is 0 Å². The van der Waals surface area contributed by atoms with E-state index in [2.05, 4.69) is 26.3 Å². The first-order chi connectivity index (χ1) is 8.13. The Labute approximate surface area is 108 Å². The fourth-order valence-corrected chi connectivity index (χ4v) is 1.72. The Kier molecular flexibility index (Phi) is 3.58. The molecule has 0 aliphatic heterocycles. The Morgan fingerprint density at radius 1 is 1.35 bits per heavy atom. The van der Waals surface area contributed by atoms with E-state index in [0.29, 0.717) is 12.2 Å². The molecule has 0 saturated carbocycles. The number of hydrogen-bond acceptors (Lipinski definition) is 2. The molecule has 1 N–H and O–H groups in total. The second-order valence-corrected chi connectivity index (χ2v) is 4.64. The van der Waals surface area contributed by atoms with E-state index in [0.717, 1.165) is 10.0 Å². The van der Waals surface area contributed by atoms with Crippen LogP contribution in [-0.2, 0) is 18.3 Å². The third kappa shape index (κ3) is 3.42. The molecule has 0 radical (unpaired) electrons. The van der Waals surface area contributed by atoms with Gasteiger partial charge in [-0.1, -0.05) is 28.1 Å². The van der Waals surface area contributed by atoms with Crippen LogP contribution in [0.2, 0.25) is 0 Å². The lowest BCUT2D eigenvalue weighted by Gasteiger charge is -2.02. The molecule has 2 rings (SSSR count). The second kappa shape index (κ2) is 5.14. The van der Waals surface area contributed by atoms with E-state index in [1.54, 1.807) is 16.9 Å². The van der Waals surface area contributed by atoms with Gasteiger partial charge in [-0.25, -0.2) is 0 Å². The zero-order valence-corrected chi connectivity index (χ0v) is 10.9. The summed E-state index contributed by atoms with van der Waals surface area (Å²) in [4.78, 5) is 11.7. The average molecular weight is 294 g/mol. The maximum Gasteiger partial charge on any atom is 0.229 e. The van der Waals surface area contributed by atoms with Crippen LogP contribution in [0.3, 0.4) is 0 Å². The summed E-state index contributed by atoms with van der Waals surface area (Å²) in [6.07, 6.45) is 2.14. The van der Waals surface area contributed by atoms with E-state index < -0.39 is 0 Å². The van der Waals surface area contributed by atoms with Gasteiger partial charge >= 0.3 is 0 Å². The quantitative estimate of drug-likeness (QED) is 0.944.